The number of hydrazone groups is 1. The van der Waals surface area contributed by atoms with Crippen molar-refractivity contribution in [2.45, 2.75) is 0 Å². The number of rotatable bonds is 5. The van der Waals surface area contributed by atoms with E-state index in [1.807, 2.05) is 5.38 Å². The number of benzene rings is 2. The van der Waals surface area contributed by atoms with Crippen molar-refractivity contribution >= 4 is 45.4 Å². The first-order chi connectivity index (χ1) is 12.6. The normalized spacial score (nSPS) is 10.7. The van der Waals surface area contributed by atoms with Crippen molar-refractivity contribution in [2.24, 2.45) is 5.10 Å². The zero-order valence-corrected chi connectivity index (χ0v) is 15.8. The summed E-state index contributed by atoms with van der Waals surface area (Å²) in [6, 6.07) is 17.3. The van der Waals surface area contributed by atoms with Gasteiger partial charge in [-0.05, 0) is 65.5 Å². The summed E-state index contributed by atoms with van der Waals surface area (Å²) in [5.41, 5.74) is 3.69. The number of halogens is 1. The van der Waals surface area contributed by atoms with E-state index < -0.39 is 5.97 Å². The number of nitrogens with one attached hydrogen (secondary N) is 1. The number of carbonyl (C=O) groups is 2. The topological polar surface area (TPSA) is 67.8 Å². The van der Waals surface area contributed by atoms with E-state index in [9.17, 15) is 9.59 Å². The third kappa shape index (κ3) is 4.87. The van der Waals surface area contributed by atoms with E-state index >= 15 is 0 Å². The van der Waals surface area contributed by atoms with Crippen LogP contribution < -0.4 is 10.2 Å². The molecule has 0 aliphatic carbocycles. The van der Waals surface area contributed by atoms with Gasteiger partial charge in [0.15, 0.2) is 0 Å². The average Bonchev–Trinajstić information content (AvgIpc) is 3.18. The second kappa shape index (κ2) is 8.55. The van der Waals surface area contributed by atoms with Crippen LogP contribution in [0.4, 0.5) is 0 Å². The molecular weight excluding hydrogens is 416 g/mol. The van der Waals surface area contributed by atoms with Crippen LogP contribution in [0.25, 0.3) is 0 Å². The lowest BCUT2D eigenvalue weighted by molar-refractivity contribution is 0.0734. The molecular formula is C19H13BrN2O3S. The molecule has 1 aromatic heterocycles. The maximum absolute atomic E-state index is 12.1. The molecule has 130 valence electrons. The van der Waals surface area contributed by atoms with E-state index in [0.717, 1.165) is 10.0 Å². The summed E-state index contributed by atoms with van der Waals surface area (Å²) in [7, 11) is 0. The van der Waals surface area contributed by atoms with Gasteiger partial charge in [0, 0.05) is 4.47 Å². The molecule has 1 N–H and O–H groups in total. The summed E-state index contributed by atoms with van der Waals surface area (Å²) < 4.78 is 6.21. The van der Waals surface area contributed by atoms with Crippen LogP contribution in [0.1, 0.15) is 25.6 Å². The molecule has 0 saturated carbocycles. The molecule has 1 amide bonds. The van der Waals surface area contributed by atoms with Gasteiger partial charge in [0.05, 0.1) is 16.7 Å². The molecule has 3 aromatic rings. The lowest BCUT2D eigenvalue weighted by Crippen LogP contribution is -2.16. The molecule has 26 heavy (non-hydrogen) atoms. The Balaban J connectivity index is 1.56. The molecule has 0 radical (unpaired) electrons. The highest BCUT2D eigenvalue weighted by atomic mass is 79.9. The summed E-state index contributed by atoms with van der Waals surface area (Å²) in [4.78, 5) is 24.4. The Morgan fingerprint density at radius 2 is 1.77 bits per heavy atom. The molecule has 7 heteroatoms. The van der Waals surface area contributed by atoms with Gasteiger partial charge in [0.25, 0.3) is 5.91 Å². The van der Waals surface area contributed by atoms with E-state index in [1.165, 1.54) is 17.6 Å². The summed E-state index contributed by atoms with van der Waals surface area (Å²) in [6.45, 7) is 0. The molecule has 0 aliphatic rings. The van der Waals surface area contributed by atoms with Crippen LogP contribution in [0.2, 0.25) is 0 Å². The van der Waals surface area contributed by atoms with Crippen molar-refractivity contribution in [3.05, 3.63) is 86.5 Å². The van der Waals surface area contributed by atoms with E-state index in [1.54, 1.807) is 60.7 Å². The monoisotopic (exact) mass is 428 g/mol. The number of amides is 1. The Kier molecular flexibility index (Phi) is 5.93. The van der Waals surface area contributed by atoms with Crippen LogP contribution in [-0.2, 0) is 0 Å². The van der Waals surface area contributed by atoms with Gasteiger partial charge in [0.1, 0.15) is 5.75 Å². The quantitative estimate of drug-likeness (QED) is 0.281. The van der Waals surface area contributed by atoms with Crippen LogP contribution in [0.5, 0.6) is 5.75 Å². The Hall–Kier alpha value is -2.77. The first kappa shape index (κ1) is 18.0. The van der Waals surface area contributed by atoms with Crippen molar-refractivity contribution in [1.82, 2.24) is 5.43 Å². The highest BCUT2D eigenvalue weighted by Crippen LogP contribution is 2.15. The average molecular weight is 429 g/mol. The molecule has 0 bridgehead atoms. The number of thiophene rings is 1. The maximum Gasteiger partial charge on any atom is 0.343 e. The molecule has 0 spiro atoms. The van der Waals surface area contributed by atoms with Gasteiger partial charge in [-0.3, -0.25) is 4.79 Å². The fourth-order valence-electron chi connectivity index (χ4n) is 2.00. The standard InChI is InChI=1S/C19H13BrN2O3S/c20-15-7-5-14(6-8-15)19(24)25-16-9-3-13(4-10-16)12-21-22-18(23)17-2-1-11-26-17/h1-12H,(H,22,23)/b21-12+. The number of ether oxygens (including phenoxy) is 1. The first-order valence-electron chi connectivity index (χ1n) is 7.56. The number of hydrogen-bond donors (Lipinski definition) is 1. The molecule has 0 fully saturated rings. The second-order valence-electron chi connectivity index (χ2n) is 5.14. The third-order valence-electron chi connectivity index (χ3n) is 3.30. The van der Waals surface area contributed by atoms with Crippen molar-refractivity contribution < 1.29 is 14.3 Å². The molecule has 1 heterocycles. The number of carbonyl (C=O) groups excluding carboxylic acids is 2. The fraction of sp³-hybridized carbons (Fsp3) is 0. The van der Waals surface area contributed by atoms with Crippen LogP contribution in [0.3, 0.4) is 0 Å². The highest BCUT2D eigenvalue weighted by molar-refractivity contribution is 9.10. The Labute approximate surface area is 162 Å². The van der Waals surface area contributed by atoms with Crippen molar-refractivity contribution in [2.75, 3.05) is 0 Å². The maximum atomic E-state index is 12.1. The lowest BCUT2D eigenvalue weighted by atomic mass is 10.2. The van der Waals surface area contributed by atoms with Gasteiger partial charge >= 0.3 is 5.97 Å². The van der Waals surface area contributed by atoms with Crippen LogP contribution in [0, 0.1) is 0 Å². The molecule has 0 unspecified atom stereocenters. The number of nitrogens with zero attached hydrogens (tertiary/aromatic N) is 1. The van der Waals surface area contributed by atoms with Crippen molar-refractivity contribution in [3.8, 4) is 5.75 Å². The minimum absolute atomic E-state index is 0.253. The summed E-state index contributed by atoms with van der Waals surface area (Å²) in [5.74, 6) is -0.254. The predicted molar refractivity (Wildman–Crippen MR) is 105 cm³/mol. The molecule has 0 saturated heterocycles. The third-order valence-corrected chi connectivity index (χ3v) is 4.69. The largest absolute Gasteiger partial charge is 0.423 e. The van der Waals surface area contributed by atoms with Gasteiger partial charge < -0.3 is 4.74 Å². The first-order valence-corrected chi connectivity index (χ1v) is 9.24. The zero-order valence-electron chi connectivity index (χ0n) is 13.4. The van der Waals surface area contributed by atoms with Gasteiger partial charge in [-0.25, -0.2) is 10.2 Å². The number of hydrogen-bond acceptors (Lipinski definition) is 5. The van der Waals surface area contributed by atoms with Crippen LogP contribution in [0.15, 0.2) is 75.6 Å². The molecule has 5 nitrogen and oxygen atoms in total. The molecule has 3 rings (SSSR count). The van der Waals surface area contributed by atoms with E-state index in [4.69, 9.17) is 4.74 Å². The van der Waals surface area contributed by atoms with Gasteiger partial charge in [0.2, 0.25) is 0 Å². The van der Waals surface area contributed by atoms with Gasteiger partial charge in [-0.1, -0.05) is 22.0 Å². The van der Waals surface area contributed by atoms with E-state index in [2.05, 4.69) is 26.5 Å². The number of esters is 1. The smallest absolute Gasteiger partial charge is 0.343 e. The second-order valence-corrected chi connectivity index (χ2v) is 7.01. The van der Waals surface area contributed by atoms with Crippen LogP contribution in [-0.4, -0.2) is 18.1 Å². The van der Waals surface area contributed by atoms with Crippen molar-refractivity contribution in [1.29, 1.82) is 0 Å². The Morgan fingerprint density at radius 3 is 2.42 bits per heavy atom. The molecule has 0 aliphatic heterocycles. The van der Waals surface area contributed by atoms with Gasteiger partial charge in [-0.2, -0.15) is 5.10 Å². The van der Waals surface area contributed by atoms with Crippen LogP contribution >= 0.6 is 27.3 Å². The summed E-state index contributed by atoms with van der Waals surface area (Å²) in [6.07, 6.45) is 1.52. The van der Waals surface area contributed by atoms with Gasteiger partial charge in [-0.15, -0.1) is 11.3 Å². The Bertz CT molecular complexity index is 920. The minimum atomic E-state index is -0.429. The van der Waals surface area contributed by atoms with Crippen molar-refractivity contribution in [3.63, 3.8) is 0 Å². The zero-order chi connectivity index (χ0) is 18.4. The Morgan fingerprint density at radius 1 is 1.04 bits per heavy atom. The van der Waals surface area contributed by atoms with E-state index in [0.29, 0.717) is 16.2 Å². The fourth-order valence-corrected chi connectivity index (χ4v) is 2.88. The predicted octanol–water partition coefficient (Wildman–Crippen LogP) is 4.49. The minimum Gasteiger partial charge on any atom is -0.423 e. The molecule has 0 atom stereocenters. The SMILES string of the molecule is O=C(Oc1ccc(/C=N/NC(=O)c2cccs2)cc1)c1ccc(Br)cc1. The summed E-state index contributed by atoms with van der Waals surface area (Å²) in [5, 5.41) is 5.74. The highest BCUT2D eigenvalue weighted by Gasteiger charge is 2.08. The summed E-state index contributed by atoms with van der Waals surface area (Å²) >= 11 is 4.67. The lowest BCUT2D eigenvalue weighted by Gasteiger charge is -2.04. The van der Waals surface area contributed by atoms with E-state index in [-0.39, 0.29) is 5.91 Å². The molecule has 2 aromatic carbocycles.